The minimum Gasteiger partial charge on any atom is -0.390 e. The Labute approximate surface area is 208 Å². The van der Waals surface area contributed by atoms with E-state index in [-0.39, 0.29) is 17.5 Å². The Morgan fingerprint density at radius 1 is 0.833 bits per heavy atom. The molecule has 4 rings (SSSR count). The molecule has 188 valence electrons. The largest absolute Gasteiger partial charge is 0.390 e. The van der Waals surface area contributed by atoms with Gasteiger partial charge < -0.3 is 29.9 Å². The van der Waals surface area contributed by atoms with Gasteiger partial charge in [0.2, 0.25) is 17.2 Å². The lowest BCUT2D eigenvalue weighted by molar-refractivity contribution is -0.343. The van der Waals surface area contributed by atoms with Crippen molar-refractivity contribution in [2.75, 3.05) is 7.11 Å². The van der Waals surface area contributed by atoms with Gasteiger partial charge in [0.15, 0.2) is 11.9 Å². The summed E-state index contributed by atoms with van der Waals surface area (Å²) in [4.78, 5) is 27.4. The zero-order valence-corrected chi connectivity index (χ0v) is 19.6. The van der Waals surface area contributed by atoms with Gasteiger partial charge in [-0.05, 0) is 5.56 Å². The van der Waals surface area contributed by atoms with E-state index in [9.17, 15) is 30.0 Å². The van der Waals surface area contributed by atoms with Gasteiger partial charge in [-0.3, -0.25) is 9.59 Å². The molecule has 0 bridgehead atoms. The molecule has 0 aliphatic carbocycles. The summed E-state index contributed by atoms with van der Waals surface area (Å²) in [6.07, 6.45) is -7.11. The predicted molar refractivity (Wildman–Crippen MR) is 129 cm³/mol. The van der Waals surface area contributed by atoms with Crippen LogP contribution in [0.15, 0.2) is 91.0 Å². The van der Waals surface area contributed by atoms with Crippen LogP contribution in [0.4, 0.5) is 0 Å². The summed E-state index contributed by atoms with van der Waals surface area (Å²) >= 11 is 0. The summed E-state index contributed by atoms with van der Waals surface area (Å²) in [5.74, 6) is -2.21. The van der Waals surface area contributed by atoms with Gasteiger partial charge in [-0.1, -0.05) is 91.0 Å². The van der Waals surface area contributed by atoms with Crippen molar-refractivity contribution in [2.45, 2.75) is 42.2 Å². The number of hydrogen-bond donors (Lipinski definition) is 4. The quantitative estimate of drug-likeness (QED) is 0.348. The lowest BCUT2D eigenvalue weighted by atomic mass is 9.66. The molecule has 0 amide bonds. The van der Waals surface area contributed by atoms with Crippen LogP contribution in [0, 0.1) is 0 Å². The van der Waals surface area contributed by atoms with E-state index in [2.05, 4.69) is 0 Å². The SMILES string of the molecule is CO[C@H]1O[C@H](C(O)Cc2ccccc2)[C@@H](O)[C@@](O)(C(=O)c2ccccc2)[C@]1(O)C(=O)c1ccccc1. The molecule has 36 heavy (non-hydrogen) atoms. The van der Waals surface area contributed by atoms with Gasteiger partial charge in [0, 0.05) is 24.7 Å². The summed E-state index contributed by atoms with van der Waals surface area (Å²) in [5, 5.41) is 46.2. The van der Waals surface area contributed by atoms with E-state index in [1.807, 2.05) is 0 Å². The molecule has 4 N–H and O–H groups in total. The van der Waals surface area contributed by atoms with Crippen molar-refractivity contribution in [3.63, 3.8) is 0 Å². The van der Waals surface area contributed by atoms with Gasteiger partial charge >= 0.3 is 0 Å². The van der Waals surface area contributed by atoms with Gasteiger partial charge in [-0.25, -0.2) is 0 Å². The summed E-state index contributed by atoms with van der Waals surface area (Å²) in [7, 11) is 1.12. The van der Waals surface area contributed by atoms with Crippen molar-refractivity contribution >= 4 is 11.6 Å². The molecule has 8 nitrogen and oxygen atoms in total. The highest BCUT2D eigenvalue weighted by atomic mass is 16.7. The molecular weight excluding hydrogens is 464 g/mol. The summed E-state index contributed by atoms with van der Waals surface area (Å²) in [5.41, 5.74) is -5.60. The lowest BCUT2D eigenvalue weighted by Crippen LogP contribution is -2.80. The first-order valence-electron chi connectivity index (χ1n) is 11.5. The summed E-state index contributed by atoms with van der Waals surface area (Å²) < 4.78 is 11.0. The summed E-state index contributed by atoms with van der Waals surface area (Å²) in [6, 6.07) is 23.9. The molecule has 0 saturated carbocycles. The summed E-state index contributed by atoms with van der Waals surface area (Å²) in [6.45, 7) is 0. The van der Waals surface area contributed by atoms with E-state index in [1.54, 1.807) is 54.6 Å². The van der Waals surface area contributed by atoms with Crippen LogP contribution in [0.25, 0.3) is 0 Å². The van der Waals surface area contributed by atoms with E-state index in [0.29, 0.717) is 5.56 Å². The van der Waals surface area contributed by atoms with Gasteiger partial charge in [-0.2, -0.15) is 0 Å². The van der Waals surface area contributed by atoms with Gasteiger partial charge in [-0.15, -0.1) is 0 Å². The van der Waals surface area contributed by atoms with E-state index in [0.717, 1.165) is 7.11 Å². The second kappa shape index (κ2) is 10.4. The second-order valence-corrected chi connectivity index (χ2v) is 8.79. The second-order valence-electron chi connectivity index (χ2n) is 8.79. The molecule has 1 aliphatic rings. The van der Waals surface area contributed by atoms with Crippen LogP contribution in [0.1, 0.15) is 26.3 Å². The third-order valence-electron chi connectivity index (χ3n) is 6.59. The fourth-order valence-electron chi connectivity index (χ4n) is 4.66. The smallest absolute Gasteiger partial charge is 0.217 e. The standard InChI is InChI=1S/C28H28O8/c1-35-26-28(34,24(31)20-15-9-4-10-16-20)27(33,23(30)19-13-7-3-8-14-19)25(32)22(36-26)21(29)17-18-11-5-2-6-12-18/h2-16,21-22,25-26,29,32-34H,17H2,1H3/t21?,22-,25-,26+,27+,28+/m1/s1. The Hall–Kier alpha value is -3.24. The zero-order chi connectivity index (χ0) is 25.9. The first kappa shape index (κ1) is 25.8. The molecule has 8 heteroatoms. The average molecular weight is 493 g/mol. The first-order valence-corrected chi connectivity index (χ1v) is 11.5. The number of rotatable bonds is 8. The lowest BCUT2D eigenvalue weighted by Gasteiger charge is -2.53. The topological polar surface area (TPSA) is 134 Å². The van der Waals surface area contributed by atoms with Crippen molar-refractivity contribution in [1.82, 2.24) is 0 Å². The molecule has 0 aromatic heterocycles. The van der Waals surface area contributed by atoms with Crippen molar-refractivity contribution < 1.29 is 39.5 Å². The fraction of sp³-hybridized carbons (Fsp3) is 0.286. The Morgan fingerprint density at radius 3 is 1.75 bits per heavy atom. The zero-order valence-electron chi connectivity index (χ0n) is 19.6. The highest BCUT2D eigenvalue weighted by molar-refractivity contribution is 6.13. The third-order valence-corrected chi connectivity index (χ3v) is 6.59. The number of ketones is 2. The van der Waals surface area contributed by atoms with E-state index < -0.39 is 47.4 Å². The molecule has 0 radical (unpaired) electrons. The number of ether oxygens (including phenoxy) is 2. The Balaban J connectivity index is 1.83. The molecule has 1 saturated heterocycles. The highest BCUT2D eigenvalue weighted by Crippen LogP contribution is 2.44. The van der Waals surface area contributed by atoms with E-state index >= 15 is 0 Å². The number of Topliss-reactive ketones (excluding diaryl/α,β-unsaturated/α-hetero) is 2. The number of benzene rings is 3. The predicted octanol–water partition coefficient (Wildman–Crippen LogP) is 1.55. The maximum Gasteiger partial charge on any atom is 0.217 e. The maximum atomic E-state index is 13.8. The molecular formula is C28H28O8. The van der Waals surface area contributed by atoms with Crippen LogP contribution in [0.2, 0.25) is 0 Å². The monoisotopic (exact) mass is 492 g/mol. The maximum absolute atomic E-state index is 13.8. The van der Waals surface area contributed by atoms with Crippen molar-refractivity contribution in [1.29, 1.82) is 0 Å². The fourth-order valence-corrected chi connectivity index (χ4v) is 4.66. The van der Waals surface area contributed by atoms with Crippen molar-refractivity contribution in [3.8, 4) is 0 Å². The van der Waals surface area contributed by atoms with Crippen molar-refractivity contribution in [2.24, 2.45) is 0 Å². The molecule has 3 aromatic carbocycles. The normalized spacial score (nSPS) is 28.9. The number of hydrogen-bond acceptors (Lipinski definition) is 8. The Morgan fingerprint density at radius 2 is 1.28 bits per heavy atom. The highest BCUT2D eigenvalue weighted by Gasteiger charge is 2.73. The Bertz CT molecular complexity index is 1190. The minimum absolute atomic E-state index is 0.000329. The molecule has 1 unspecified atom stereocenters. The number of carbonyl (C=O) groups excluding carboxylic acids is 2. The first-order chi connectivity index (χ1) is 17.2. The van der Waals surface area contributed by atoms with Crippen LogP contribution < -0.4 is 0 Å². The van der Waals surface area contributed by atoms with E-state index in [4.69, 9.17) is 9.47 Å². The molecule has 0 spiro atoms. The molecule has 1 aliphatic heterocycles. The molecule has 1 heterocycles. The van der Waals surface area contributed by atoms with Gasteiger partial charge in [0.25, 0.3) is 0 Å². The number of aliphatic hydroxyl groups excluding tert-OH is 2. The molecule has 1 fully saturated rings. The van der Waals surface area contributed by atoms with Crippen LogP contribution in [0.5, 0.6) is 0 Å². The minimum atomic E-state index is -3.14. The van der Waals surface area contributed by atoms with Crippen LogP contribution in [0.3, 0.4) is 0 Å². The number of aliphatic hydroxyl groups is 4. The number of carbonyl (C=O) groups is 2. The van der Waals surface area contributed by atoms with Crippen LogP contribution >= 0.6 is 0 Å². The van der Waals surface area contributed by atoms with Crippen LogP contribution in [-0.2, 0) is 15.9 Å². The molecule has 3 aromatic rings. The number of methoxy groups -OCH3 is 1. The molecule has 6 atom stereocenters. The van der Waals surface area contributed by atoms with Crippen molar-refractivity contribution in [3.05, 3.63) is 108 Å². The van der Waals surface area contributed by atoms with Gasteiger partial charge in [0.05, 0.1) is 6.10 Å². The third kappa shape index (κ3) is 4.28. The van der Waals surface area contributed by atoms with Crippen LogP contribution in [-0.4, -0.2) is 74.9 Å². The van der Waals surface area contributed by atoms with Gasteiger partial charge in [0.1, 0.15) is 12.2 Å². The Kier molecular flexibility index (Phi) is 7.46. The average Bonchev–Trinajstić information content (AvgIpc) is 2.92. The van der Waals surface area contributed by atoms with E-state index in [1.165, 1.54) is 36.4 Å².